The zero-order chi connectivity index (χ0) is 19.2. The quantitative estimate of drug-likeness (QED) is 0.614. The van der Waals surface area contributed by atoms with Gasteiger partial charge >= 0.3 is 0 Å². The molecule has 7 heteroatoms. The molecule has 0 saturated carbocycles. The number of nitrogens with zero attached hydrogens (tertiary/aromatic N) is 2. The molecule has 6 nitrogen and oxygen atoms in total. The van der Waals surface area contributed by atoms with Gasteiger partial charge in [-0.1, -0.05) is 49.4 Å². The third kappa shape index (κ3) is 4.43. The molecular weight excluding hydrogens is 408 g/mol. The second-order valence-corrected chi connectivity index (χ2v) is 6.74. The molecule has 1 heterocycles. The van der Waals surface area contributed by atoms with E-state index >= 15 is 0 Å². The average molecular weight is 427 g/mol. The number of hydrogen-bond donors (Lipinski definition) is 2. The predicted octanol–water partition coefficient (Wildman–Crippen LogP) is 3.33. The van der Waals surface area contributed by atoms with Crippen LogP contribution in [0.5, 0.6) is 0 Å². The number of amides is 2. The maximum absolute atomic E-state index is 12.5. The van der Waals surface area contributed by atoms with Crippen LogP contribution in [-0.2, 0) is 13.0 Å². The summed E-state index contributed by atoms with van der Waals surface area (Å²) in [6.45, 7) is 2.55. The van der Waals surface area contributed by atoms with E-state index in [1.54, 1.807) is 22.9 Å². The van der Waals surface area contributed by atoms with Crippen molar-refractivity contribution in [3.8, 4) is 0 Å². The smallest absolute Gasteiger partial charge is 0.267 e. The van der Waals surface area contributed by atoms with Gasteiger partial charge in [-0.15, -0.1) is 0 Å². The fourth-order valence-corrected chi connectivity index (χ4v) is 3.22. The fraction of sp³-hybridized carbons (Fsp3) is 0.150. The molecule has 0 bridgehead atoms. The molecule has 0 unspecified atom stereocenters. The highest BCUT2D eigenvalue weighted by Gasteiger charge is 2.17. The first-order chi connectivity index (χ1) is 13.1. The van der Waals surface area contributed by atoms with E-state index in [0.717, 1.165) is 11.3 Å². The molecule has 2 N–H and O–H groups in total. The van der Waals surface area contributed by atoms with Crippen LogP contribution >= 0.6 is 15.9 Å². The van der Waals surface area contributed by atoms with Crippen LogP contribution in [0.25, 0.3) is 0 Å². The molecule has 3 rings (SSSR count). The summed E-state index contributed by atoms with van der Waals surface area (Å²) in [6.07, 6.45) is 2.18. The van der Waals surface area contributed by atoms with Gasteiger partial charge in [0.25, 0.3) is 11.8 Å². The van der Waals surface area contributed by atoms with Crippen molar-refractivity contribution in [2.45, 2.75) is 19.9 Å². The minimum atomic E-state index is -0.398. The van der Waals surface area contributed by atoms with E-state index in [4.69, 9.17) is 0 Å². The number of aromatic nitrogens is 2. The Kier molecular flexibility index (Phi) is 6.03. The van der Waals surface area contributed by atoms with Crippen LogP contribution in [0.3, 0.4) is 0 Å². The standard InChI is InChI=1S/C20H19BrN4O2/c1-2-18-16(12-22-25(18)13-14-8-4-3-5-9-14)20(27)24-23-19(26)15-10-6-7-11-17(15)21/h3-12H,2,13H2,1H3,(H,23,26)(H,24,27). The monoisotopic (exact) mass is 426 g/mol. The van der Waals surface area contributed by atoms with Gasteiger partial charge in [0.15, 0.2) is 0 Å². The second kappa shape index (κ2) is 8.64. The lowest BCUT2D eigenvalue weighted by Crippen LogP contribution is -2.42. The van der Waals surface area contributed by atoms with Crippen LogP contribution in [0, 0.1) is 0 Å². The zero-order valence-electron chi connectivity index (χ0n) is 14.8. The largest absolute Gasteiger partial charge is 0.273 e. The third-order valence-corrected chi connectivity index (χ3v) is 4.80. The fourth-order valence-electron chi connectivity index (χ4n) is 2.76. The van der Waals surface area contributed by atoms with E-state index in [-0.39, 0.29) is 0 Å². The zero-order valence-corrected chi connectivity index (χ0v) is 16.4. The molecule has 0 aliphatic carbocycles. The average Bonchev–Trinajstić information content (AvgIpc) is 3.09. The molecule has 2 amide bonds. The summed E-state index contributed by atoms with van der Waals surface area (Å²) < 4.78 is 2.46. The maximum atomic E-state index is 12.5. The highest BCUT2D eigenvalue weighted by molar-refractivity contribution is 9.10. The van der Waals surface area contributed by atoms with Crippen molar-refractivity contribution in [1.82, 2.24) is 20.6 Å². The van der Waals surface area contributed by atoms with Crippen LogP contribution in [0.15, 0.2) is 65.3 Å². The summed E-state index contributed by atoms with van der Waals surface area (Å²) >= 11 is 3.32. The van der Waals surface area contributed by atoms with Crippen molar-refractivity contribution in [1.29, 1.82) is 0 Å². The first kappa shape index (κ1) is 18.8. The van der Waals surface area contributed by atoms with Crippen LogP contribution in [-0.4, -0.2) is 21.6 Å². The Balaban J connectivity index is 1.70. The van der Waals surface area contributed by atoms with E-state index in [1.165, 1.54) is 6.20 Å². The van der Waals surface area contributed by atoms with E-state index in [2.05, 4.69) is 31.9 Å². The normalized spacial score (nSPS) is 10.4. The van der Waals surface area contributed by atoms with Crippen molar-refractivity contribution in [2.75, 3.05) is 0 Å². The van der Waals surface area contributed by atoms with Crippen LogP contribution < -0.4 is 10.9 Å². The number of nitrogens with one attached hydrogen (secondary N) is 2. The molecule has 0 saturated heterocycles. The van der Waals surface area contributed by atoms with Crippen LogP contribution in [0.2, 0.25) is 0 Å². The molecule has 0 fully saturated rings. The van der Waals surface area contributed by atoms with Gasteiger partial charge in [-0.3, -0.25) is 25.1 Å². The van der Waals surface area contributed by atoms with Gasteiger partial charge in [0.2, 0.25) is 0 Å². The highest BCUT2D eigenvalue weighted by atomic mass is 79.9. The lowest BCUT2D eigenvalue weighted by molar-refractivity contribution is 0.0845. The number of benzene rings is 2. The first-order valence-corrected chi connectivity index (χ1v) is 9.33. The molecule has 3 aromatic rings. The molecule has 1 aromatic heterocycles. The predicted molar refractivity (Wildman–Crippen MR) is 106 cm³/mol. The molecule has 0 spiro atoms. The number of carbonyl (C=O) groups excluding carboxylic acids is 2. The molecule has 0 aliphatic heterocycles. The Hall–Kier alpha value is -2.93. The molecule has 138 valence electrons. The number of rotatable bonds is 5. The Morgan fingerprint density at radius 2 is 1.59 bits per heavy atom. The van der Waals surface area contributed by atoms with Crippen LogP contribution in [0.4, 0.5) is 0 Å². The Morgan fingerprint density at radius 3 is 2.26 bits per heavy atom. The second-order valence-electron chi connectivity index (χ2n) is 5.89. The van der Waals surface area contributed by atoms with E-state index in [0.29, 0.717) is 28.6 Å². The highest BCUT2D eigenvalue weighted by Crippen LogP contribution is 2.15. The van der Waals surface area contributed by atoms with E-state index < -0.39 is 11.8 Å². The molecule has 27 heavy (non-hydrogen) atoms. The van der Waals surface area contributed by atoms with Gasteiger partial charge < -0.3 is 0 Å². The summed E-state index contributed by atoms with van der Waals surface area (Å²) in [7, 11) is 0. The first-order valence-electron chi connectivity index (χ1n) is 8.54. The number of halogens is 1. The van der Waals surface area contributed by atoms with Crippen LogP contribution in [0.1, 0.15) is 38.9 Å². The summed E-state index contributed by atoms with van der Waals surface area (Å²) in [4.78, 5) is 24.7. The van der Waals surface area contributed by atoms with Gasteiger partial charge in [0.05, 0.1) is 29.6 Å². The SMILES string of the molecule is CCc1c(C(=O)NNC(=O)c2ccccc2Br)cnn1Cc1ccccc1. The van der Waals surface area contributed by atoms with Crippen molar-refractivity contribution in [2.24, 2.45) is 0 Å². The summed E-state index contributed by atoms with van der Waals surface area (Å²) in [5, 5.41) is 4.34. The Bertz CT molecular complexity index is 954. The maximum Gasteiger partial charge on any atom is 0.273 e. The van der Waals surface area contributed by atoms with Gasteiger partial charge in [-0.05, 0) is 40.0 Å². The van der Waals surface area contributed by atoms with Crippen molar-refractivity contribution < 1.29 is 9.59 Å². The van der Waals surface area contributed by atoms with Crippen molar-refractivity contribution in [3.05, 3.63) is 87.7 Å². The topological polar surface area (TPSA) is 76.0 Å². The molecule has 2 aromatic carbocycles. The minimum absolute atomic E-state index is 0.397. The van der Waals surface area contributed by atoms with Gasteiger partial charge in [-0.25, -0.2) is 0 Å². The van der Waals surface area contributed by atoms with Gasteiger partial charge in [0.1, 0.15) is 0 Å². The summed E-state index contributed by atoms with van der Waals surface area (Å²) in [6, 6.07) is 16.9. The van der Waals surface area contributed by atoms with E-state index in [9.17, 15) is 9.59 Å². The lowest BCUT2D eigenvalue weighted by Gasteiger charge is -2.10. The number of hydrazine groups is 1. The summed E-state index contributed by atoms with van der Waals surface area (Å²) in [5.74, 6) is -0.794. The molecule has 0 atom stereocenters. The summed E-state index contributed by atoms with van der Waals surface area (Å²) in [5.41, 5.74) is 7.70. The van der Waals surface area contributed by atoms with Gasteiger partial charge in [0, 0.05) is 4.47 Å². The molecule has 0 aliphatic rings. The lowest BCUT2D eigenvalue weighted by atomic mass is 10.2. The number of carbonyl (C=O) groups is 2. The Morgan fingerprint density at radius 1 is 0.963 bits per heavy atom. The minimum Gasteiger partial charge on any atom is -0.267 e. The Labute approximate surface area is 165 Å². The van der Waals surface area contributed by atoms with Crippen molar-refractivity contribution in [3.63, 3.8) is 0 Å². The van der Waals surface area contributed by atoms with E-state index in [1.807, 2.05) is 43.3 Å². The van der Waals surface area contributed by atoms with Gasteiger partial charge in [-0.2, -0.15) is 5.10 Å². The number of hydrogen-bond acceptors (Lipinski definition) is 3. The van der Waals surface area contributed by atoms with Crippen molar-refractivity contribution >= 4 is 27.7 Å². The molecular formula is C20H19BrN4O2. The third-order valence-electron chi connectivity index (χ3n) is 4.11. The molecule has 0 radical (unpaired) electrons.